The first-order valence-electron chi connectivity index (χ1n) is 6.07. The van der Waals surface area contributed by atoms with Gasteiger partial charge in [-0.15, -0.1) is 0 Å². The molecule has 112 valence electrons. The molecule has 0 amide bonds. The van der Waals surface area contributed by atoms with Crippen LogP contribution in [0.15, 0.2) is 47.5 Å². The van der Waals surface area contributed by atoms with Gasteiger partial charge in [0.2, 0.25) is 10.0 Å². The summed E-state index contributed by atoms with van der Waals surface area (Å²) >= 11 is 0. The van der Waals surface area contributed by atoms with Crippen LogP contribution in [0.5, 0.6) is 0 Å². The van der Waals surface area contributed by atoms with Crippen LogP contribution in [-0.4, -0.2) is 24.8 Å². The van der Waals surface area contributed by atoms with Gasteiger partial charge in [0.1, 0.15) is 16.5 Å². The largest absolute Gasteiger partial charge is 0.308 e. The molecule has 1 aromatic heterocycles. The van der Waals surface area contributed by atoms with E-state index in [1.807, 2.05) is 0 Å². The lowest BCUT2D eigenvalue weighted by atomic mass is 10.2. The number of halogens is 1. The minimum atomic E-state index is -3.74. The standard InChI is InChI=1S/C13H15FN4O2S/c1-18(9-10-4-2-3-5-12(10)14)21(19,20)11-6-7-13(17-15)16-8-11/h2-8H,9,15H2,1H3,(H,16,17). The van der Waals surface area contributed by atoms with E-state index in [4.69, 9.17) is 5.84 Å². The van der Waals surface area contributed by atoms with Crippen LogP contribution >= 0.6 is 0 Å². The smallest absolute Gasteiger partial charge is 0.244 e. The Labute approximate surface area is 122 Å². The van der Waals surface area contributed by atoms with Crippen LogP contribution in [0.1, 0.15) is 5.56 Å². The molecule has 2 rings (SSSR count). The number of hydrogen-bond acceptors (Lipinski definition) is 5. The Morgan fingerprint density at radius 2 is 2.00 bits per heavy atom. The van der Waals surface area contributed by atoms with Gasteiger partial charge < -0.3 is 5.43 Å². The molecule has 0 saturated heterocycles. The summed E-state index contributed by atoms with van der Waals surface area (Å²) in [6.45, 7) is -0.0636. The van der Waals surface area contributed by atoms with E-state index in [0.717, 1.165) is 4.31 Å². The van der Waals surface area contributed by atoms with Crippen LogP contribution in [0.4, 0.5) is 10.2 Å². The Morgan fingerprint density at radius 3 is 2.57 bits per heavy atom. The molecule has 21 heavy (non-hydrogen) atoms. The summed E-state index contributed by atoms with van der Waals surface area (Å²) in [5.74, 6) is 5.08. The van der Waals surface area contributed by atoms with Gasteiger partial charge in [-0.25, -0.2) is 23.6 Å². The lowest BCUT2D eigenvalue weighted by Gasteiger charge is -2.17. The zero-order chi connectivity index (χ0) is 15.5. The molecule has 1 aromatic carbocycles. The molecule has 0 saturated carbocycles. The number of nitrogen functional groups attached to an aromatic ring is 1. The van der Waals surface area contributed by atoms with Crippen LogP contribution in [0.3, 0.4) is 0 Å². The summed E-state index contributed by atoms with van der Waals surface area (Å²) in [6, 6.07) is 8.87. The van der Waals surface area contributed by atoms with Gasteiger partial charge in [-0.1, -0.05) is 18.2 Å². The summed E-state index contributed by atoms with van der Waals surface area (Å²) in [7, 11) is -2.36. The maximum absolute atomic E-state index is 13.6. The van der Waals surface area contributed by atoms with Crippen molar-refractivity contribution in [2.45, 2.75) is 11.4 Å². The molecule has 0 aliphatic heterocycles. The fourth-order valence-electron chi connectivity index (χ4n) is 1.75. The second-order valence-corrected chi connectivity index (χ2v) is 6.42. The first-order valence-corrected chi connectivity index (χ1v) is 7.51. The highest BCUT2D eigenvalue weighted by atomic mass is 32.2. The number of pyridine rings is 1. The first-order chi connectivity index (χ1) is 9.95. The number of hydrogen-bond donors (Lipinski definition) is 2. The zero-order valence-corrected chi connectivity index (χ0v) is 12.1. The van der Waals surface area contributed by atoms with E-state index < -0.39 is 15.8 Å². The molecule has 0 bridgehead atoms. The van der Waals surface area contributed by atoms with Crippen molar-refractivity contribution in [2.75, 3.05) is 12.5 Å². The monoisotopic (exact) mass is 310 g/mol. The molecule has 6 nitrogen and oxygen atoms in total. The van der Waals surface area contributed by atoms with Gasteiger partial charge in [0.15, 0.2) is 0 Å². The average Bonchev–Trinajstić information content (AvgIpc) is 2.49. The zero-order valence-electron chi connectivity index (χ0n) is 11.3. The van der Waals surface area contributed by atoms with E-state index in [0.29, 0.717) is 11.4 Å². The third kappa shape index (κ3) is 3.35. The molecule has 0 radical (unpaired) electrons. The second kappa shape index (κ2) is 6.17. The van der Waals surface area contributed by atoms with Gasteiger partial charge in [0.25, 0.3) is 0 Å². The predicted molar refractivity (Wildman–Crippen MR) is 77.1 cm³/mol. The van der Waals surface area contributed by atoms with Crippen LogP contribution in [0.25, 0.3) is 0 Å². The van der Waals surface area contributed by atoms with E-state index in [2.05, 4.69) is 10.4 Å². The normalized spacial score (nSPS) is 11.6. The van der Waals surface area contributed by atoms with Crippen LogP contribution in [0.2, 0.25) is 0 Å². The molecule has 3 N–H and O–H groups in total. The molecule has 0 fully saturated rings. The quantitative estimate of drug-likeness (QED) is 0.642. The molecule has 0 unspecified atom stereocenters. The van der Waals surface area contributed by atoms with Crippen molar-refractivity contribution in [1.82, 2.24) is 9.29 Å². The van der Waals surface area contributed by atoms with Gasteiger partial charge in [-0.2, -0.15) is 4.31 Å². The highest BCUT2D eigenvalue weighted by molar-refractivity contribution is 7.89. The van der Waals surface area contributed by atoms with E-state index in [-0.39, 0.29) is 11.4 Å². The molecule has 8 heteroatoms. The van der Waals surface area contributed by atoms with Gasteiger partial charge in [0.05, 0.1) is 0 Å². The van der Waals surface area contributed by atoms with Crippen molar-refractivity contribution >= 4 is 15.8 Å². The molecule has 2 aromatic rings. The van der Waals surface area contributed by atoms with Crippen molar-refractivity contribution in [3.05, 3.63) is 54.0 Å². The molecule has 0 spiro atoms. The van der Waals surface area contributed by atoms with Crippen LogP contribution in [-0.2, 0) is 16.6 Å². The third-order valence-electron chi connectivity index (χ3n) is 2.94. The molecule has 0 aliphatic rings. The van der Waals surface area contributed by atoms with Crippen LogP contribution < -0.4 is 11.3 Å². The minimum absolute atomic E-state index is 0.0142. The Morgan fingerprint density at radius 1 is 1.29 bits per heavy atom. The van der Waals surface area contributed by atoms with Crippen molar-refractivity contribution in [3.8, 4) is 0 Å². The highest BCUT2D eigenvalue weighted by Gasteiger charge is 2.22. The molecular formula is C13H15FN4O2S. The topological polar surface area (TPSA) is 88.3 Å². The Hall–Kier alpha value is -2.03. The molecule has 0 aliphatic carbocycles. The fraction of sp³-hybridized carbons (Fsp3) is 0.154. The lowest BCUT2D eigenvalue weighted by Crippen LogP contribution is -2.27. The van der Waals surface area contributed by atoms with Crippen molar-refractivity contribution in [2.24, 2.45) is 5.84 Å². The number of aromatic nitrogens is 1. The predicted octanol–water partition coefficient (Wildman–Crippen LogP) is 1.33. The number of hydrazine groups is 1. The van der Waals surface area contributed by atoms with Gasteiger partial charge in [0, 0.05) is 25.4 Å². The van der Waals surface area contributed by atoms with Crippen LogP contribution in [0, 0.1) is 5.82 Å². The van der Waals surface area contributed by atoms with E-state index in [1.54, 1.807) is 18.2 Å². The maximum Gasteiger partial charge on any atom is 0.244 e. The number of nitrogens with two attached hydrogens (primary N) is 1. The van der Waals surface area contributed by atoms with E-state index >= 15 is 0 Å². The maximum atomic E-state index is 13.6. The number of nitrogens with zero attached hydrogens (tertiary/aromatic N) is 2. The average molecular weight is 310 g/mol. The van der Waals surface area contributed by atoms with E-state index in [9.17, 15) is 12.8 Å². The SMILES string of the molecule is CN(Cc1ccccc1F)S(=O)(=O)c1ccc(NN)nc1. The second-order valence-electron chi connectivity index (χ2n) is 4.38. The number of rotatable bonds is 5. The van der Waals surface area contributed by atoms with Gasteiger partial charge in [-0.3, -0.25) is 0 Å². The molecular weight excluding hydrogens is 295 g/mol. The summed E-state index contributed by atoms with van der Waals surface area (Å²) in [5.41, 5.74) is 2.62. The van der Waals surface area contributed by atoms with Crippen molar-refractivity contribution < 1.29 is 12.8 Å². The Kier molecular flexibility index (Phi) is 4.51. The number of anilines is 1. The number of nitrogens with one attached hydrogen (secondary N) is 1. The lowest BCUT2D eigenvalue weighted by molar-refractivity contribution is 0.456. The number of sulfonamides is 1. The summed E-state index contributed by atoms with van der Waals surface area (Å²) in [4.78, 5) is 3.87. The summed E-state index contributed by atoms with van der Waals surface area (Å²) in [5, 5.41) is 0. The van der Waals surface area contributed by atoms with E-state index in [1.165, 1.54) is 31.4 Å². The Balaban J connectivity index is 2.24. The third-order valence-corrected chi connectivity index (χ3v) is 4.73. The van der Waals surface area contributed by atoms with Crippen molar-refractivity contribution in [3.63, 3.8) is 0 Å². The fourth-order valence-corrected chi connectivity index (χ4v) is 2.84. The first kappa shape index (κ1) is 15.4. The minimum Gasteiger partial charge on any atom is -0.308 e. The van der Waals surface area contributed by atoms with Gasteiger partial charge in [-0.05, 0) is 18.2 Å². The van der Waals surface area contributed by atoms with Crippen molar-refractivity contribution in [1.29, 1.82) is 0 Å². The molecule has 1 heterocycles. The highest BCUT2D eigenvalue weighted by Crippen LogP contribution is 2.18. The number of benzene rings is 1. The summed E-state index contributed by atoms with van der Waals surface area (Å²) < 4.78 is 39.4. The van der Waals surface area contributed by atoms with Gasteiger partial charge >= 0.3 is 0 Å². The summed E-state index contributed by atoms with van der Waals surface area (Å²) in [6.07, 6.45) is 1.20. The Bertz CT molecular complexity index is 719. The molecule has 0 atom stereocenters.